The van der Waals surface area contributed by atoms with E-state index in [1.807, 2.05) is 18.2 Å². The molecule has 4 heteroatoms. The third-order valence-corrected chi connectivity index (χ3v) is 3.42. The molecule has 0 radical (unpaired) electrons. The van der Waals surface area contributed by atoms with Crippen LogP contribution in [0.4, 0.5) is 5.69 Å². The lowest BCUT2D eigenvalue weighted by atomic mass is 9.97. The third kappa shape index (κ3) is 3.16. The summed E-state index contributed by atoms with van der Waals surface area (Å²) >= 11 is 3.43. The van der Waals surface area contributed by atoms with Crippen LogP contribution in [-0.2, 0) is 9.59 Å². The van der Waals surface area contributed by atoms with E-state index in [9.17, 15) is 9.59 Å². The van der Waals surface area contributed by atoms with Crippen molar-refractivity contribution in [2.75, 3.05) is 5.32 Å². The van der Waals surface area contributed by atoms with Crippen molar-refractivity contribution < 1.29 is 9.59 Å². The standard InChI is InChI=1S/C13H14BrNO2/c1-8(16)15-12-5-10(4-11(14)7-12)9-2-3-13(17)6-9/h4-5,7,9H,2-3,6H2,1H3,(H,15,16). The number of amides is 1. The number of ketones is 1. The third-order valence-electron chi connectivity index (χ3n) is 2.96. The van der Waals surface area contributed by atoms with Crippen LogP contribution >= 0.6 is 15.9 Å². The van der Waals surface area contributed by atoms with E-state index >= 15 is 0 Å². The molecule has 1 aromatic carbocycles. The van der Waals surface area contributed by atoms with E-state index < -0.39 is 0 Å². The highest BCUT2D eigenvalue weighted by Crippen LogP contribution is 2.34. The lowest BCUT2D eigenvalue weighted by molar-refractivity contribution is -0.117. The van der Waals surface area contributed by atoms with Crippen molar-refractivity contribution in [3.63, 3.8) is 0 Å². The fraction of sp³-hybridized carbons (Fsp3) is 0.385. The van der Waals surface area contributed by atoms with E-state index in [0.29, 0.717) is 24.5 Å². The highest BCUT2D eigenvalue weighted by molar-refractivity contribution is 9.10. The summed E-state index contributed by atoms with van der Waals surface area (Å²) in [7, 11) is 0. The molecule has 1 aliphatic carbocycles. The lowest BCUT2D eigenvalue weighted by Crippen LogP contribution is -2.06. The number of anilines is 1. The second-order valence-electron chi connectivity index (χ2n) is 4.43. The molecule has 90 valence electrons. The van der Waals surface area contributed by atoms with Gasteiger partial charge in [0.25, 0.3) is 0 Å². The van der Waals surface area contributed by atoms with E-state index in [0.717, 1.165) is 22.1 Å². The van der Waals surface area contributed by atoms with Gasteiger partial charge in [-0.3, -0.25) is 9.59 Å². The molecular formula is C13H14BrNO2. The Morgan fingerprint density at radius 3 is 2.76 bits per heavy atom. The first-order valence-corrected chi connectivity index (χ1v) is 6.43. The summed E-state index contributed by atoms with van der Waals surface area (Å²) in [5, 5.41) is 2.77. The summed E-state index contributed by atoms with van der Waals surface area (Å²) in [6.45, 7) is 1.49. The molecule has 0 aliphatic heterocycles. The summed E-state index contributed by atoms with van der Waals surface area (Å²) in [4.78, 5) is 22.3. The molecule has 1 unspecified atom stereocenters. The highest BCUT2D eigenvalue weighted by Gasteiger charge is 2.24. The van der Waals surface area contributed by atoms with E-state index in [1.165, 1.54) is 6.92 Å². The van der Waals surface area contributed by atoms with Crippen LogP contribution in [0, 0.1) is 0 Å². The predicted octanol–water partition coefficient (Wildman–Crippen LogP) is 3.24. The van der Waals surface area contributed by atoms with Crippen LogP contribution in [0.3, 0.4) is 0 Å². The van der Waals surface area contributed by atoms with Crippen molar-refractivity contribution in [2.45, 2.75) is 32.1 Å². The van der Waals surface area contributed by atoms with E-state index in [4.69, 9.17) is 0 Å². The van der Waals surface area contributed by atoms with Gasteiger partial charge in [0.2, 0.25) is 5.91 Å². The summed E-state index contributed by atoms with van der Waals surface area (Å²) in [6.07, 6.45) is 2.21. The molecule has 0 spiro atoms. The molecule has 0 bridgehead atoms. The molecule has 1 aliphatic rings. The molecular weight excluding hydrogens is 282 g/mol. The van der Waals surface area contributed by atoms with Gasteiger partial charge in [-0.05, 0) is 36.1 Å². The molecule has 1 saturated carbocycles. The topological polar surface area (TPSA) is 46.2 Å². The molecule has 1 atom stereocenters. The van der Waals surface area contributed by atoms with Gasteiger partial charge >= 0.3 is 0 Å². The van der Waals surface area contributed by atoms with Crippen LogP contribution in [-0.4, -0.2) is 11.7 Å². The van der Waals surface area contributed by atoms with Crippen molar-refractivity contribution in [1.29, 1.82) is 0 Å². The molecule has 0 heterocycles. The van der Waals surface area contributed by atoms with Crippen molar-refractivity contribution >= 4 is 33.3 Å². The molecule has 1 fully saturated rings. The maximum Gasteiger partial charge on any atom is 0.221 e. The lowest BCUT2D eigenvalue weighted by Gasteiger charge is -2.12. The van der Waals surface area contributed by atoms with Crippen LogP contribution in [0.1, 0.15) is 37.7 Å². The first-order chi connectivity index (χ1) is 8.04. The monoisotopic (exact) mass is 295 g/mol. The number of rotatable bonds is 2. The van der Waals surface area contributed by atoms with E-state index in [2.05, 4.69) is 21.2 Å². The normalized spacial score (nSPS) is 19.4. The van der Waals surface area contributed by atoms with E-state index in [-0.39, 0.29) is 5.91 Å². The Morgan fingerprint density at radius 1 is 1.41 bits per heavy atom. The first-order valence-electron chi connectivity index (χ1n) is 5.64. The largest absolute Gasteiger partial charge is 0.326 e. The Morgan fingerprint density at radius 2 is 2.18 bits per heavy atom. The minimum Gasteiger partial charge on any atom is -0.326 e. The number of hydrogen-bond donors (Lipinski definition) is 1. The predicted molar refractivity (Wildman–Crippen MR) is 70.0 cm³/mol. The Hall–Kier alpha value is -1.16. The Balaban J connectivity index is 2.25. The number of carbonyl (C=O) groups excluding carboxylic acids is 2. The second kappa shape index (κ2) is 5.00. The van der Waals surface area contributed by atoms with Crippen LogP contribution in [0.15, 0.2) is 22.7 Å². The summed E-state index contributed by atoms with van der Waals surface area (Å²) in [6, 6.07) is 5.84. The summed E-state index contributed by atoms with van der Waals surface area (Å²) in [5.74, 6) is 0.542. The minimum atomic E-state index is -0.0865. The van der Waals surface area contributed by atoms with Crippen LogP contribution in [0.2, 0.25) is 0 Å². The maximum absolute atomic E-state index is 11.3. The SMILES string of the molecule is CC(=O)Nc1cc(Br)cc(C2CCC(=O)C2)c1. The van der Waals surface area contributed by atoms with Gasteiger partial charge in [0, 0.05) is 29.9 Å². The fourth-order valence-electron chi connectivity index (χ4n) is 2.22. The van der Waals surface area contributed by atoms with Gasteiger partial charge in [-0.1, -0.05) is 15.9 Å². The van der Waals surface area contributed by atoms with E-state index in [1.54, 1.807) is 0 Å². The Bertz CT molecular complexity index is 470. The van der Waals surface area contributed by atoms with Gasteiger partial charge in [0.15, 0.2) is 0 Å². The zero-order valence-electron chi connectivity index (χ0n) is 9.63. The molecule has 3 nitrogen and oxygen atoms in total. The number of Topliss-reactive ketones (excluding diaryl/α,β-unsaturated/α-hetero) is 1. The molecule has 0 aromatic heterocycles. The average Bonchev–Trinajstić information content (AvgIpc) is 2.62. The molecule has 0 saturated heterocycles. The average molecular weight is 296 g/mol. The second-order valence-corrected chi connectivity index (χ2v) is 5.35. The molecule has 1 amide bonds. The number of carbonyl (C=O) groups is 2. The quantitative estimate of drug-likeness (QED) is 0.910. The van der Waals surface area contributed by atoms with Gasteiger partial charge in [0.1, 0.15) is 5.78 Å². The van der Waals surface area contributed by atoms with Crippen LogP contribution in [0.25, 0.3) is 0 Å². The van der Waals surface area contributed by atoms with Gasteiger partial charge in [-0.25, -0.2) is 0 Å². The number of halogens is 1. The van der Waals surface area contributed by atoms with Gasteiger partial charge < -0.3 is 5.32 Å². The highest BCUT2D eigenvalue weighted by atomic mass is 79.9. The van der Waals surface area contributed by atoms with Gasteiger partial charge in [-0.2, -0.15) is 0 Å². The van der Waals surface area contributed by atoms with Crippen molar-refractivity contribution in [3.05, 3.63) is 28.2 Å². The maximum atomic E-state index is 11.3. The fourth-order valence-corrected chi connectivity index (χ4v) is 2.73. The Kier molecular flexibility index (Phi) is 3.62. The summed E-state index contributed by atoms with van der Waals surface area (Å²) in [5.41, 5.74) is 1.90. The molecule has 17 heavy (non-hydrogen) atoms. The summed E-state index contributed by atoms with van der Waals surface area (Å²) < 4.78 is 0.929. The molecule has 1 aromatic rings. The number of benzene rings is 1. The molecule has 1 N–H and O–H groups in total. The Labute approximate surface area is 109 Å². The number of nitrogens with one attached hydrogen (secondary N) is 1. The number of hydrogen-bond acceptors (Lipinski definition) is 2. The van der Waals surface area contributed by atoms with Crippen LogP contribution in [0.5, 0.6) is 0 Å². The first kappa shape index (κ1) is 12.3. The zero-order chi connectivity index (χ0) is 12.4. The van der Waals surface area contributed by atoms with Crippen molar-refractivity contribution in [2.24, 2.45) is 0 Å². The minimum absolute atomic E-state index is 0.0865. The van der Waals surface area contributed by atoms with Gasteiger partial charge in [-0.15, -0.1) is 0 Å². The molecule has 2 rings (SSSR count). The smallest absolute Gasteiger partial charge is 0.221 e. The van der Waals surface area contributed by atoms with Crippen molar-refractivity contribution in [1.82, 2.24) is 0 Å². The van der Waals surface area contributed by atoms with Gasteiger partial charge in [0.05, 0.1) is 0 Å². The van der Waals surface area contributed by atoms with Crippen LogP contribution < -0.4 is 5.32 Å². The zero-order valence-corrected chi connectivity index (χ0v) is 11.2. The van der Waals surface area contributed by atoms with Crippen molar-refractivity contribution in [3.8, 4) is 0 Å².